The summed E-state index contributed by atoms with van der Waals surface area (Å²) in [4.78, 5) is 13.8. The lowest BCUT2D eigenvalue weighted by Gasteiger charge is -2.31. The van der Waals surface area contributed by atoms with Gasteiger partial charge >= 0.3 is 0 Å². The van der Waals surface area contributed by atoms with Gasteiger partial charge in [0.15, 0.2) is 0 Å². The van der Waals surface area contributed by atoms with Gasteiger partial charge in [0.2, 0.25) is 5.91 Å². The van der Waals surface area contributed by atoms with Crippen LogP contribution in [0.1, 0.15) is 32.4 Å². The van der Waals surface area contributed by atoms with Gasteiger partial charge in [0.05, 0.1) is 6.54 Å². The first-order chi connectivity index (χ1) is 9.31. The van der Waals surface area contributed by atoms with Crippen molar-refractivity contribution in [2.24, 2.45) is 5.73 Å². The maximum atomic E-state index is 11.9. The van der Waals surface area contributed by atoms with Gasteiger partial charge in [-0.25, -0.2) is 0 Å². The van der Waals surface area contributed by atoms with Gasteiger partial charge in [-0.15, -0.1) is 0 Å². The number of hydrogen-bond acceptors (Lipinski definition) is 3. The van der Waals surface area contributed by atoms with Gasteiger partial charge in [0.1, 0.15) is 0 Å². The second kappa shape index (κ2) is 7.62. The van der Waals surface area contributed by atoms with Gasteiger partial charge < -0.3 is 11.1 Å². The van der Waals surface area contributed by atoms with E-state index in [-0.39, 0.29) is 24.0 Å². The van der Waals surface area contributed by atoms with E-state index in [9.17, 15) is 4.79 Å². The van der Waals surface area contributed by atoms with Gasteiger partial charge in [-0.05, 0) is 45.5 Å². The van der Waals surface area contributed by atoms with Gasteiger partial charge in [0.25, 0.3) is 0 Å². The number of nitrogens with two attached hydrogens (primary N) is 1. The standard InChI is InChI=1S/C15H24ClN3O/c1-10(2)18-14(20)9-19(4)15(11(3)17)12-6-5-7-13(16)8-12/h5-8,10-11,15H,9,17H2,1-4H3,(H,18,20). The Morgan fingerprint density at radius 3 is 2.55 bits per heavy atom. The molecule has 0 radical (unpaired) electrons. The Kier molecular flexibility index (Phi) is 6.46. The lowest BCUT2D eigenvalue weighted by molar-refractivity contribution is -0.123. The van der Waals surface area contributed by atoms with E-state index >= 15 is 0 Å². The molecule has 112 valence electrons. The third-order valence-corrected chi connectivity index (χ3v) is 3.24. The summed E-state index contributed by atoms with van der Waals surface area (Å²) in [6.45, 7) is 6.12. The van der Waals surface area contributed by atoms with Crippen molar-refractivity contribution in [3.8, 4) is 0 Å². The van der Waals surface area contributed by atoms with Gasteiger partial charge in [0, 0.05) is 23.1 Å². The van der Waals surface area contributed by atoms with E-state index in [0.717, 1.165) is 5.56 Å². The Balaban J connectivity index is 2.83. The van der Waals surface area contributed by atoms with Crippen LogP contribution >= 0.6 is 11.6 Å². The first-order valence-corrected chi connectivity index (χ1v) is 7.19. The van der Waals surface area contributed by atoms with Crippen molar-refractivity contribution in [3.05, 3.63) is 34.9 Å². The molecule has 0 fully saturated rings. The number of nitrogens with one attached hydrogen (secondary N) is 1. The average molecular weight is 298 g/mol. The van der Waals surface area contributed by atoms with Crippen LogP contribution in [0.2, 0.25) is 5.02 Å². The highest BCUT2D eigenvalue weighted by Crippen LogP contribution is 2.24. The number of benzene rings is 1. The number of nitrogens with zero attached hydrogens (tertiary/aromatic N) is 1. The molecule has 0 aliphatic carbocycles. The molecule has 3 N–H and O–H groups in total. The van der Waals surface area contributed by atoms with Crippen LogP contribution in [0.3, 0.4) is 0 Å². The molecule has 0 aliphatic heterocycles. The summed E-state index contributed by atoms with van der Waals surface area (Å²) >= 11 is 6.03. The topological polar surface area (TPSA) is 58.4 Å². The minimum absolute atomic E-state index is 0.00446. The van der Waals surface area contributed by atoms with E-state index in [1.54, 1.807) is 0 Å². The molecule has 4 nitrogen and oxygen atoms in total. The van der Waals surface area contributed by atoms with Crippen LogP contribution in [-0.2, 0) is 4.79 Å². The molecule has 1 rings (SSSR count). The van der Waals surface area contributed by atoms with Crippen molar-refractivity contribution in [1.29, 1.82) is 0 Å². The lowest BCUT2D eigenvalue weighted by Crippen LogP contribution is -2.44. The smallest absolute Gasteiger partial charge is 0.234 e. The largest absolute Gasteiger partial charge is 0.353 e. The minimum Gasteiger partial charge on any atom is -0.353 e. The Bertz CT molecular complexity index is 448. The molecule has 5 heteroatoms. The number of amides is 1. The van der Waals surface area contributed by atoms with Crippen molar-refractivity contribution in [1.82, 2.24) is 10.2 Å². The van der Waals surface area contributed by atoms with Crippen LogP contribution in [0.15, 0.2) is 24.3 Å². The third kappa shape index (κ3) is 5.12. The Morgan fingerprint density at radius 1 is 1.40 bits per heavy atom. The number of hydrogen-bond donors (Lipinski definition) is 2. The van der Waals surface area contributed by atoms with Crippen LogP contribution in [0.4, 0.5) is 0 Å². The summed E-state index contributed by atoms with van der Waals surface area (Å²) in [5.74, 6) is -0.00446. The molecular weight excluding hydrogens is 274 g/mol. The fourth-order valence-electron chi connectivity index (χ4n) is 2.34. The molecule has 1 aromatic rings. The highest BCUT2D eigenvalue weighted by molar-refractivity contribution is 6.30. The zero-order valence-corrected chi connectivity index (χ0v) is 13.3. The maximum Gasteiger partial charge on any atom is 0.234 e. The molecule has 2 unspecified atom stereocenters. The molecule has 0 aliphatic rings. The molecule has 1 amide bonds. The summed E-state index contributed by atoms with van der Waals surface area (Å²) < 4.78 is 0. The molecule has 0 saturated carbocycles. The third-order valence-electron chi connectivity index (χ3n) is 3.01. The van der Waals surface area contributed by atoms with Gasteiger partial charge in [-0.3, -0.25) is 9.69 Å². The van der Waals surface area contributed by atoms with Gasteiger partial charge in [-0.1, -0.05) is 23.7 Å². The second-order valence-corrected chi connectivity index (χ2v) is 5.93. The van der Waals surface area contributed by atoms with Crippen molar-refractivity contribution in [2.75, 3.05) is 13.6 Å². The van der Waals surface area contributed by atoms with Crippen molar-refractivity contribution >= 4 is 17.5 Å². The fourth-order valence-corrected chi connectivity index (χ4v) is 2.54. The summed E-state index contributed by atoms with van der Waals surface area (Å²) in [7, 11) is 1.90. The van der Waals surface area contributed by atoms with Crippen LogP contribution in [0.5, 0.6) is 0 Å². The number of halogens is 1. The second-order valence-electron chi connectivity index (χ2n) is 5.50. The summed E-state index contributed by atoms with van der Waals surface area (Å²) in [6, 6.07) is 7.58. The molecular formula is C15H24ClN3O. The van der Waals surface area contributed by atoms with E-state index in [0.29, 0.717) is 11.6 Å². The number of rotatable bonds is 6. The molecule has 0 saturated heterocycles. The predicted octanol–water partition coefficient (Wildman–Crippen LogP) is 2.18. The van der Waals surface area contributed by atoms with Crippen molar-refractivity contribution in [3.63, 3.8) is 0 Å². The Labute approximate surface area is 126 Å². The monoisotopic (exact) mass is 297 g/mol. The van der Waals surface area contributed by atoms with E-state index in [1.165, 1.54) is 0 Å². The molecule has 0 bridgehead atoms. The molecule has 0 spiro atoms. The molecule has 1 aromatic carbocycles. The predicted molar refractivity (Wildman–Crippen MR) is 83.8 cm³/mol. The average Bonchev–Trinajstić information content (AvgIpc) is 2.26. The van der Waals surface area contributed by atoms with E-state index < -0.39 is 0 Å². The Morgan fingerprint density at radius 2 is 2.05 bits per heavy atom. The number of likely N-dealkylation sites (N-methyl/N-ethyl adjacent to an activating group) is 1. The van der Waals surface area contributed by atoms with Crippen molar-refractivity contribution < 1.29 is 4.79 Å². The summed E-state index contributed by atoms with van der Waals surface area (Å²) in [5.41, 5.74) is 7.10. The summed E-state index contributed by atoms with van der Waals surface area (Å²) in [5, 5.41) is 3.56. The quantitative estimate of drug-likeness (QED) is 0.846. The first-order valence-electron chi connectivity index (χ1n) is 6.82. The number of carbonyl (C=O) groups is 1. The highest BCUT2D eigenvalue weighted by Gasteiger charge is 2.23. The molecule has 0 aromatic heterocycles. The first kappa shape index (κ1) is 17.0. The van der Waals surface area contributed by atoms with Crippen LogP contribution in [-0.4, -0.2) is 36.5 Å². The number of carbonyl (C=O) groups excluding carboxylic acids is 1. The SMILES string of the molecule is CC(C)NC(=O)CN(C)C(c1cccc(Cl)c1)C(C)N. The highest BCUT2D eigenvalue weighted by atomic mass is 35.5. The van der Waals surface area contributed by atoms with Crippen LogP contribution < -0.4 is 11.1 Å². The molecule has 2 atom stereocenters. The summed E-state index contributed by atoms with van der Waals surface area (Å²) in [6.07, 6.45) is 0. The zero-order chi connectivity index (χ0) is 15.3. The van der Waals surface area contributed by atoms with Gasteiger partial charge in [-0.2, -0.15) is 0 Å². The van der Waals surface area contributed by atoms with E-state index in [4.69, 9.17) is 17.3 Å². The van der Waals surface area contributed by atoms with Crippen molar-refractivity contribution in [2.45, 2.75) is 38.9 Å². The van der Waals surface area contributed by atoms with Crippen LogP contribution in [0.25, 0.3) is 0 Å². The lowest BCUT2D eigenvalue weighted by atomic mass is 9.99. The molecule has 20 heavy (non-hydrogen) atoms. The van der Waals surface area contributed by atoms with Crippen LogP contribution in [0, 0.1) is 0 Å². The molecule has 0 heterocycles. The fraction of sp³-hybridized carbons (Fsp3) is 0.533. The minimum atomic E-state index is -0.106. The zero-order valence-electron chi connectivity index (χ0n) is 12.6. The van der Waals surface area contributed by atoms with E-state index in [1.807, 2.05) is 57.0 Å². The van der Waals surface area contributed by atoms with E-state index in [2.05, 4.69) is 5.32 Å². The Hall–Kier alpha value is -1.10. The maximum absolute atomic E-state index is 11.9. The normalized spacial score (nSPS) is 14.4.